The van der Waals surface area contributed by atoms with E-state index < -0.39 is 0 Å². The molecule has 146 valence electrons. The van der Waals surface area contributed by atoms with E-state index in [-0.39, 0.29) is 0 Å². The normalized spacial score (nSPS) is 11.0. The number of halogens is 2. The molecule has 29 heavy (non-hydrogen) atoms. The molecule has 4 rings (SSSR count). The van der Waals surface area contributed by atoms with Gasteiger partial charge in [-0.15, -0.1) is 10.2 Å². The Balaban J connectivity index is 1.74. The van der Waals surface area contributed by atoms with Crippen molar-refractivity contribution in [2.45, 2.75) is 24.8 Å². The lowest BCUT2D eigenvalue weighted by Crippen LogP contribution is -2.01. The summed E-state index contributed by atoms with van der Waals surface area (Å²) in [6.45, 7) is 4.22. The van der Waals surface area contributed by atoms with Gasteiger partial charge in [0.1, 0.15) is 0 Å². The van der Waals surface area contributed by atoms with Gasteiger partial charge in [-0.2, -0.15) is 0 Å². The monoisotopic (exact) mass is 440 g/mol. The molecule has 0 radical (unpaired) electrons. The topological polar surface area (TPSA) is 43.6 Å². The molecule has 0 amide bonds. The summed E-state index contributed by atoms with van der Waals surface area (Å²) >= 11 is 13.8. The molecular weight excluding hydrogens is 423 g/mol. The van der Waals surface area contributed by atoms with Crippen molar-refractivity contribution in [3.05, 3.63) is 87.7 Å². The molecule has 0 unspecified atom stereocenters. The second-order valence-corrected chi connectivity index (χ2v) is 8.44. The maximum Gasteiger partial charge on any atom is 0.196 e. The van der Waals surface area contributed by atoms with Gasteiger partial charge in [0, 0.05) is 23.7 Å². The summed E-state index contributed by atoms with van der Waals surface area (Å²) in [5.74, 6) is 1.49. The van der Waals surface area contributed by atoms with Crippen molar-refractivity contribution < 1.29 is 0 Å². The van der Waals surface area contributed by atoms with Gasteiger partial charge in [0.05, 0.1) is 15.7 Å². The summed E-state index contributed by atoms with van der Waals surface area (Å²) in [6.07, 6.45) is 3.52. The van der Waals surface area contributed by atoms with E-state index in [0.29, 0.717) is 15.8 Å². The fourth-order valence-electron chi connectivity index (χ4n) is 2.93. The predicted octanol–water partition coefficient (Wildman–Crippen LogP) is 6.55. The Morgan fingerprint density at radius 1 is 0.862 bits per heavy atom. The minimum Gasteiger partial charge on any atom is -0.270 e. The Morgan fingerprint density at radius 2 is 1.66 bits per heavy atom. The lowest BCUT2D eigenvalue weighted by Gasteiger charge is -2.12. The largest absolute Gasteiger partial charge is 0.270 e. The van der Waals surface area contributed by atoms with Crippen molar-refractivity contribution >= 4 is 35.0 Å². The average molecular weight is 441 g/mol. The fourth-order valence-corrected chi connectivity index (χ4v) is 4.14. The summed E-state index contributed by atoms with van der Waals surface area (Å²) in [4.78, 5) is 4.11. The number of aromatic nitrogens is 4. The van der Waals surface area contributed by atoms with Crippen LogP contribution in [0.3, 0.4) is 0 Å². The molecule has 0 atom stereocenters. The number of thioether (sulfide) groups is 1. The van der Waals surface area contributed by atoms with E-state index in [1.54, 1.807) is 24.2 Å². The first-order chi connectivity index (χ1) is 14.0. The third kappa shape index (κ3) is 4.32. The molecule has 7 heteroatoms. The van der Waals surface area contributed by atoms with Crippen LogP contribution in [0.25, 0.3) is 17.1 Å². The number of aryl methyl sites for hydroxylation is 2. The molecule has 0 aliphatic carbocycles. The van der Waals surface area contributed by atoms with Gasteiger partial charge in [0.15, 0.2) is 11.0 Å². The van der Waals surface area contributed by atoms with Crippen LogP contribution < -0.4 is 0 Å². The molecule has 0 saturated heterocycles. The van der Waals surface area contributed by atoms with Gasteiger partial charge in [-0.25, -0.2) is 0 Å². The first-order valence-electron chi connectivity index (χ1n) is 9.03. The molecule has 0 aliphatic rings. The SMILES string of the molecule is Cc1ccc(-n2c(SCc3ccc(Cl)c(Cl)c3)nnc2-c2ccncc2)cc1C. The Hall–Kier alpha value is -2.34. The predicted molar refractivity (Wildman–Crippen MR) is 120 cm³/mol. The number of benzene rings is 2. The number of pyridine rings is 1. The summed E-state index contributed by atoms with van der Waals surface area (Å²) in [5, 5.41) is 10.9. The summed E-state index contributed by atoms with van der Waals surface area (Å²) in [5.41, 5.74) is 5.53. The highest BCUT2D eigenvalue weighted by Crippen LogP contribution is 2.31. The van der Waals surface area contributed by atoms with Gasteiger partial charge < -0.3 is 0 Å². The second kappa shape index (κ2) is 8.57. The highest BCUT2D eigenvalue weighted by Gasteiger charge is 2.17. The average Bonchev–Trinajstić information content (AvgIpc) is 3.15. The molecule has 2 heterocycles. The lowest BCUT2D eigenvalue weighted by molar-refractivity contribution is 0.884. The minimum atomic E-state index is 0.554. The maximum atomic E-state index is 6.16. The third-order valence-electron chi connectivity index (χ3n) is 4.67. The highest BCUT2D eigenvalue weighted by atomic mass is 35.5. The van der Waals surface area contributed by atoms with Crippen molar-refractivity contribution in [1.29, 1.82) is 0 Å². The van der Waals surface area contributed by atoms with E-state index in [1.165, 1.54) is 11.1 Å². The molecule has 0 spiro atoms. The second-order valence-electron chi connectivity index (χ2n) is 6.68. The van der Waals surface area contributed by atoms with Crippen LogP contribution in [0.4, 0.5) is 0 Å². The van der Waals surface area contributed by atoms with Crippen LogP contribution in [-0.4, -0.2) is 19.7 Å². The van der Waals surface area contributed by atoms with E-state index in [2.05, 4.69) is 51.8 Å². The van der Waals surface area contributed by atoms with E-state index in [1.807, 2.05) is 30.3 Å². The summed E-state index contributed by atoms with van der Waals surface area (Å²) in [7, 11) is 0. The Bertz CT molecular complexity index is 1160. The van der Waals surface area contributed by atoms with Crippen LogP contribution in [0.15, 0.2) is 66.1 Å². The van der Waals surface area contributed by atoms with E-state index >= 15 is 0 Å². The van der Waals surface area contributed by atoms with Crippen molar-refractivity contribution in [3.63, 3.8) is 0 Å². The molecule has 4 aromatic rings. The fraction of sp³-hybridized carbons (Fsp3) is 0.136. The van der Waals surface area contributed by atoms with Gasteiger partial charge in [0.2, 0.25) is 0 Å². The van der Waals surface area contributed by atoms with Gasteiger partial charge in [-0.1, -0.05) is 47.1 Å². The number of hydrogen-bond donors (Lipinski definition) is 0. The summed E-state index contributed by atoms with van der Waals surface area (Å²) < 4.78 is 2.09. The maximum absolute atomic E-state index is 6.16. The third-order valence-corrected chi connectivity index (χ3v) is 6.41. The van der Waals surface area contributed by atoms with Gasteiger partial charge >= 0.3 is 0 Å². The van der Waals surface area contributed by atoms with Gasteiger partial charge in [0.25, 0.3) is 0 Å². The molecule has 4 nitrogen and oxygen atoms in total. The summed E-state index contributed by atoms with van der Waals surface area (Å²) in [6, 6.07) is 15.9. The van der Waals surface area contributed by atoms with E-state index in [0.717, 1.165) is 27.8 Å². The van der Waals surface area contributed by atoms with Gasteiger partial charge in [-0.05, 0) is 66.9 Å². The number of nitrogens with zero attached hydrogens (tertiary/aromatic N) is 4. The van der Waals surface area contributed by atoms with Crippen LogP contribution in [-0.2, 0) is 5.75 Å². The first-order valence-corrected chi connectivity index (χ1v) is 10.8. The zero-order valence-corrected chi connectivity index (χ0v) is 18.3. The Morgan fingerprint density at radius 3 is 2.38 bits per heavy atom. The van der Waals surface area contributed by atoms with E-state index in [4.69, 9.17) is 23.2 Å². The molecule has 2 aromatic heterocycles. The van der Waals surface area contributed by atoms with Gasteiger partial charge in [-0.3, -0.25) is 9.55 Å². The van der Waals surface area contributed by atoms with Crippen LogP contribution in [0, 0.1) is 13.8 Å². The van der Waals surface area contributed by atoms with Crippen molar-refractivity contribution in [3.8, 4) is 17.1 Å². The molecule has 0 bridgehead atoms. The quantitative estimate of drug-likeness (QED) is 0.330. The minimum absolute atomic E-state index is 0.554. The standard InChI is InChI=1S/C22H18Cl2N4S/c1-14-3-5-18(11-15(14)2)28-21(17-7-9-25-10-8-17)26-27-22(28)29-13-16-4-6-19(23)20(24)12-16/h3-12H,13H2,1-2H3. The molecule has 0 N–H and O–H groups in total. The molecular formula is C22H18Cl2N4S. The molecule has 0 fully saturated rings. The first kappa shape index (κ1) is 20.0. The number of hydrogen-bond acceptors (Lipinski definition) is 4. The van der Waals surface area contributed by atoms with Crippen LogP contribution in [0.2, 0.25) is 10.0 Å². The van der Waals surface area contributed by atoms with Crippen LogP contribution in [0.5, 0.6) is 0 Å². The zero-order chi connectivity index (χ0) is 20.4. The van der Waals surface area contributed by atoms with Crippen LogP contribution in [0.1, 0.15) is 16.7 Å². The Labute approximate surface area is 183 Å². The molecule has 0 saturated carbocycles. The smallest absolute Gasteiger partial charge is 0.196 e. The van der Waals surface area contributed by atoms with E-state index in [9.17, 15) is 0 Å². The highest BCUT2D eigenvalue weighted by molar-refractivity contribution is 7.98. The lowest BCUT2D eigenvalue weighted by atomic mass is 10.1. The number of rotatable bonds is 5. The molecule has 0 aliphatic heterocycles. The van der Waals surface area contributed by atoms with Crippen molar-refractivity contribution in [1.82, 2.24) is 19.7 Å². The van der Waals surface area contributed by atoms with Crippen molar-refractivity contribution in [2.75, 3.05) is 0 Å². The van der Waals surface area contributed by atoms with Crippen molar-refractivity contribution in [2.24, 2.45) is 0 Å². The zero-order valence-electron chi connectivity index (χ0n) is 15.9. The molecule has 2 aromatic carbocycles. The Kier molecular flexibility index (Phi) is 5.90. The van der Waals surface area contributed by atoms with Crippen LogP contribution >= 0.6 is 35.0 Å².